The van der Waals surface area contributed by atoms with Crippen molar-refractivity contribution in [2.24, 2.45) is 0 Å². The number of methoxy groups -OCH3 is 1. The summed E-state index contributed by atoms with van der Waals surface area (Å²) in [7, 11) is 1.62. The van der Waals surface area contributed by atoms with Crippen molar-refractivity contribution in [3.63, 3.8) is 0 Å². The molecule has 0 unspecified atom stereocenters. The Morgan fingerprint density at radius 2 is 1.50 bits per heavy atom. The lowest BCUT2D eigenvalue weighted by Crippen LogP contribution is -2.44. The van der Waals surface area contributed by atoms with Crippen LogP contribution in [0.3, 0.4) is 0 Å². The molecule has 0 aromatic heterocycles. The number of carbonyl (C=O) groups is 2. The van der Waals surface area contributed by atoms with E-state index in [0.717, 1.165) is 22.4 Å². The first-order valence-corrected chi connectivity index (χ1v) is 12.4. The monoisotopic (exact) mass is 488 g/mol. The Bertz CT molecular complexity index is 1070. The van der Waals surface area contributed by atoms with Gasteiger partial charge >= 0.3 is 0 Å². The molecular weight excluding hydrogens is 452 g/mol. The average molecular weight is 489 g/mol. The van der Waals surface area contributed by atoms with Gasteiger partial charge in [-0.25, -0.2) is 0 Å². The molecule has 3 aromatic carbocycles. The molecule has 0 aliphatic carbocycles. The fourth-order valence-corrected chi connectivity index (χ4v) is 3.93. The summed E-state index contributed by atoms with van der Waals surface area (Å²) in [5.41, 5.74) is 2.58. The summed E-state index contributed by atoms with van der Waals surface area (Å²) in [4.78, 5) is 28.9. The van der Waals surface area contributed by atoms with Crippen LogP contribution < -0.4 is 10.1 Å². The molecule has 36 heavy (non-hydrogen) atoms. The van der Waals surface area contributed by atoms with E-state index in [1.807, 2.05) is 98.8 Å². The molecule has 0 saturated carbocycles. The minimum Gasteiger partial charge on any atom is -0.497 e. The molecule has 0 radical (unpaired) electrons. The van der Waals surface area contributed by atoms with Crippen molar-refractivity contribution < 1.29 is 19.1 Å². The summed E-state index contributed by atoms with van der Waals surface area (Å²) in [6.45, 7) is 5.30. The molecule has 3 rings (SSSR count). The Labute approximate surface area is 214 Å². The van der Waals surface area contributed by atoms with Gasteiger partial charge in [0.2, 0.25) is 11.8 Å². The number of hydrogen-bond acceptors (Lipinski definition) is 4. The lowest BCUT2D eigenvalue weighted by Gasteiger charge is -2.32. The van der Waals surface area contributed by atoms with Gasteiger partial charge in [-0.1, -0.05) is 72.8 Å². The van der Waals surface area contributed by atoms with E-state index in [1.165, 1.54) is 0 Å². The van der Waals surface area contributed by atoms with Crippen LogP contribution >= 0.6 is 0 Å². The molecule has 6 nitrogen and oxygen atoms in total. The first kappa shape index (κ1) is 27.0. The van der Waals surface area contributed by atoms with Crippen LogP contribution in [0.2, 0.25) is 0 Å². The second-order valence-electron chi connectivity index (χ2n) is 8.91. The van der Waals surface area contributed by atoms with Crippen molar-refractivity contribution in [3.8, 4) is 5.75 Å². The summed E-state index contributed by atoms with van der Waals surface area (Å²) in [5, 5.41) is 3.03. The molecule has 1 atom stereocenters. The maximum absolute atomic E-state index is 13.7. The standard InChI is InChI=1S/C30H36N2O4/c1-23(2)36-20-10-19-31-30(34)29(26-13-8-5-9-14-26)32(22-25-15-17-27(35-3)18-16-25)28(33)21-24-11-6-4-7-12-24/h4-9,11-18,23,29H,10,19-22H2,1-3H3,(H,31,34)/t29-/m1/s1. The first-order valence-electron chi connectivity index (χ1n) is 12.4. The minimum atomic E-state index is -0.768. The molecule has 190 valence electrons. The van der Waals surface area contributed by atoms with Crippen LogP contribution in [-0.4, -0.2) is 43.1 Å². The second kappa shape index (κ2) is 14.0. The highest BCUT2D eigenvalue weighted by atomic mass is 16.5. The number of benzene rings is 3. The van der Waals surface area contributed by atoms with E-state index in [0.29, 0.717) is 26.1 Å². The van der Waals surface area contributed by atoms with Gasteiger partial charge in [0.25, 0.3) is 0 Å². The highest BCUT2D eigenvalue weighted by Crippen LogP contribution is 2.25. The fourth-order valence-electron chi connectivity index (χ4n) is 3.93. The van der Waals surface area contributed by atoms with Gasteiger partial charge in [0.15, 0.2) is 0 Å². The molecule has 0 heterocycles. The highest BCUT2D eigenvalue weighted by Gasteiger charge is 2.31. The molecule has 3 aromatic rings. The van der Waals surface area contributed by atoms with E-state index in [2.05, 4.69) is 5.32 Å². The van der Waals surface area contributed by atoms with Gasteiger partial charge < -0.3 is 19.7 Å². The Morgan fingerprint density at radius 1 is 0.861 bits per heavy atom. The van der Waals surface area contributed by atoms with Crippen LogP contribution in [0.25, 0.3) is 0 Å². The van der Waals surface area contributed by atoms with Crippen molar-refractivity contribution in [2.75, 3.05) is 20.3 Å². The largest absolute Gasteiger partial charge is 0.497 e. The summed E-state index contributed by atoms with van der Waals surface area (Å²) in [6, 6.07) is 25.9. The van der Waals surface area contributed by atoms with E-state index >= 15 is 0 Å². The fraction of sp³-hybridized carbons (Fsp3) is 0.333. The zero-order valence-corrected chi connectivity index (χ0v) is 21.4. The third-order valence-electron chi connectivity index (χ3n) is 5.78. The lowest BCUT2D eigenvalue weighted by atomic mass is 10.0. The summed E-state index contributed by atoms with van der Waals surface area (Å²) in [5.74, 6) is 0.409. The Kier molecular flexibility index (Phi) is 10.5. The van der Waals surface area contributed by atoms with E-state index in [9.17, 15) is 9.59 Å². The zero-order valence-electron chi connectivity index (χ0n) is 21.4. The van der Waals surface area contributed by atoms with Gasteiger partial charge in [-0.3, -0.25) is 9.59 Å². The SMILES string of the molecule is COc1ccc(CN(C(=O)Cc2ccccc2)[C@@H](C(=O)NCCCOC(C)C)c2ccccc2)cc1. The van der Waals surface area contributed by atoms with Crippen molar-refractivity contribution in [3.05, 3.63) is 102 Å². The number of amides is 2. The number of nitrogens with zero attached hydrogens (tertiary/aromatic N) is 1. The van der Waals surface area contributed by atoms with E-state index in [1.54, 1.807) is 12.0 Å². The molecule has 0 fully saturated rings. The quantitative estimate of drug-likeness (QED) is 0.346. The molecule has 0 bridgehead atoms. The normalized spacial score (nSPS) is 11.7. The van der Waals surface area contributed by atoms with Crippen molar-refractivity contribution in [2.45, 2.75) is 45.4 Å². The molecular formula is C30H36N2O4. The van der Waals surface area contributed by atoms with E-state index in [-0.39, 0.29) is 24.3 Å². The third kappa shape index (κ3) is 8.24. The van der Waals surface area contributed by atoms with Gasteiger partial charge in [-0.2, -0.15) is 0 Å². The molecule has 0 aliphatic heterocycles. The predicted molar refractivity (Wildman–Crippen MR) is 142 cm³/mol. The Balaban J connectivity index is 1.88. The highest BCUT2D eigenvalue weighted by molar-refractivity contribution is 5.89. The van der Waals surface area contributed by atoms with Crippen molar-refractivity contribution in [1.82, 2.24) is 10.2 Å². The summed E-state index contributed by atoms with van der Waals surface area (Å²) in [6.07, 6.45) is 1.05. The van der Waals surface area contributed by atoms with E-state index in [4.69, 9.17) is 9.47 Å². The minimum absolute atomic E-state index is 0.121. The third-order valence-corrected chi connectivity index (χ3v) is 5.78. The number of rotatable bonds is 13. The zero-order chi connectivity index (χ0) is 25.8. The maximum Gasteiger partial charge on any atom is 0.247 e. The van der Waals surface area contributed by atoms with Gasteiger partial charge in [-0.05, 0) is 49.1 Å². The smallest absolute Gasteiger partial charge is 0.247 e. The molecule has 0 saturated heterocycles. The average Bonchev–Trinajstić information content (AvgIpc) is 2.89. The number of hydrogen-bond donors (Lipinski definition) is 1. The van der Waals surface area contributed by atoms with Crippen LogP contribution in [0.4, 0.5) is 0 Å². The van der Waals surface area contributed by atoms with Gasteiger partial charge in [0.05, 0.1) is 19.6 Å². The molecule has 6 heteroatoms. The Morgan fingerprint density at radius 3 is 2.11 bits per heavy atom. The first-order chi connectivity index (χ1) is 17.5. The van der Waals surface area contributed by atoms with Crippen LogP contribution in [0.5, 0.6) is 5.75 Å². The second-order valence-corrected chi connectivity index (χ2v) is 8.91. The van der Waals surface area contributed by atoms with Crippen LogP contribution in [0, 0.1) is 0 Å². The van der Waals surface area contributed by atoms with Crippen LogP contribution in [0.15, 0.2) is 84.9 Å². The lowest BCUT2D eigenvalue weighted by molar-refractivity contribution is -0.141. The van der Waals surface area contributed by atoms with Gasteiger partial charge in [0, 0.05) is 19.7 Å². The number of carbonyl (C=O) groups excluding carboxylic acids is 2. The van der Waals surface area contributed by atoms with Crippen molar-refractivity contribution in [1.29, 1.82) is 0 Å². The molecule has 1 N–H and O–H groups in total. The maximum atomic E-state index is 13.7. The molecule has 2 amide bonds. The topological polar surface area (TPSA) is 67.9 Å². The predicted octanol–water partition coefficient (Wildman–Crippen LogP) is 4.94. The number of nitrogens with one attached hydrogen (secondary N) is 1. The molecule has 0 spiro atoms. The van der Waals surface area contributed by atoms with Crippen LogP contribution in [0.1, 0.15) is 43.0 Å². The summed E-state index contributed by atoms with van der Waals surface area (Å²) >= 11 is 0. The van der Waals surface area contributed by atoms with Gasteiger partial charge in [-0.15, -0.1) is 0 Å². The van der Waals surface area contributed by atoms with E-state index < -0.39 is 6.04 Å². The van der Waals surface area contributed by atoms with Crippen LogP contribution in [-0.2, 0) is 27.3 Å². The Hall–Kier alpha value is -3.64. The van der Waals surface area contributed by atoms with Crippen molar-refractivity contribution >= 4 is 11.8 Å². The van der Waals surface area contributed by atoms with Gasteiger partial charge in [0.1, 0.15) is 11.8 Å². The number of ether oxygens (including phenoxy) is 2. The molecule has 0 aliphatic rings. The summed E-state index contributed by atoms with van der Waals surface area (Å²) < 4.78 is 10.9.